The Morgan fingerprint density at radius 1 is 1.31 bits per heavy atom. The number of hydrogen-bond acceptors (Lipinski definition) is 1. The Morgan fingerprint density at radius 3 is 2.69 bits per heavy atom. The van der Waals surface area contributed by atoms with Gasteiger partial charge < -0.3 is 0 Å². The van der Waals surface area contributed by atoms with Crippen LogP contribution < -0.4 is 0 Å². The number of rotatable bonds is 5. The van der Waals surface area contributed by atoms with E-state index in [0.717, 1.165) is 17.4 Å². The Hall–Kier alpha value is 0.440. The SMILES string of the molecule is CCC1CCC(C)N1CCCCBr. The summed E-state index contributed by atoms with van der Waals surface area (Å²) in [5.41, 5.74) is 0. The number of halogens is 1. The molecule has 1 saturated heterocycles. The molecule has 2 unspecified atom stereocenters. The van der Waals surface area contributed by atoms with Crippen LogP contribution in [0.2, 0.25) is 0 Å². The van der Waals surface area contributed by atoms with Crippen molar-refractivity contribution in [2.24, 2.45) is 0 Å². The zero-order valence-corrected chi connectivity index (χ0v) is 10.5. The number of unbranched alkanes of at least 4 members (excludes halogenated alkanes) is 1. The highest BCUT2D eigenvalue weighted by atomic mass is 79.9. The van der Waals surface area contributed by atoms with Crippen LogP contribution >= 0.6 is 15.9 Å². The van der Waals surface area contributed by atoms with Gasteiger partial charge in [0.2, 0.25) is 0 Å². The van der Waals surface area contributed by atoms with Crippen molar-refractivity contribution in [3.63, 3.8) is 0 Å². The molecule has 0 aliphatic carbocycles. The van der Waals surface area contributed by atoms with Gasteiger partial charge in [-0.1, -0.05) is 22.9 Å². The Balaban J connectivity index is 2.27. The maximum absolute atomic E-state index is 3.49. The van der Waals surface area contributed by atoms with Crippen LogP contribution in [0.3, 0.4) is 0 Å². The highest BCUT2D eigenvalue weighted by Crippen LogP contribution is 2.26. The Morgan fingerprint density at radius 2 is 2.08 bits per heavy atom. The van der Waals surface area contributed by atoms with E-state index < -0.39 is 0 Å². The third-order valence-corrected chi connectivity index (χ3v) is 3.78. The van der Waals surface area contributed by atoms with Crippen molar-refractivity contribution < 1.29 is 0 Å². The normalized spacial score (nSPS) is 29.8. The minimum Gasteiger partial charge on any atom is -0.298 e. The van der Waals surface area contributed by atoms with Gasteiger partial charge in [0.15, 0.2) is 0 Å². The van der Waals surface area contributed by atoms with E-state index >= 15 is 0 Å². The van der Waals surface area contributed by atoms with Crippen LogP contribution in [0, 0.1) is 0 Å². The Bertz CT molecular complexity index is 138. The van der Waals surface area contributed by atoms with E-state index in [1.807, 2.05) is 0 Å². The molecule has 0 aromatic rings. The summed E-state index contributed by atoms with van der Waals surface area (Å²) in [5, 5.41) is 1.16. The van der Waals surface area contributed by atoms with Crippen LogP contribution in [0.1, 0.15) is 46.0 Å². The largest absolute Gasteiger partial charge is 0.298 e. The van der Waals surface area contributed by atoms with Crippen LogP contribution in [-0.4, -0.2) is 28.9 Å². The lowest BCUT2D eigenvalue weighted by atomic mass is 10.1. The van der Waals surface area contributed by atoms with Crippen LogP contribution in [0.4, 0.5) is 0 Å². The van der Waals surface area contributed by atoms with E-state index in [1.165, 1.54) is 38.6 Å². The second-order valence-electron chi connectivity index (χ2n) is 4.12. The molecule has 13 heavy (non-hydrogen) atoms. The van der Waals surface area contributed by atoms with Gasteiger partial charge in [0.1, 0.15) is 0 Å². The molecule has 0 saturated carbocycles. The van der Waals surface area contributed by atoms with Crippen LogP contribution in [-0.2, 0) is 0 Å². The van der Waals surface area contributed by atoms with E-state index in [9.17, 15) is 0 Å². The maximum atomic E-state index is 3.49. The molecule has 0 bridgehead atoms. The summed E-state index contributed by atoms with van der Waals surface area (Å²) < 4.78 is 0. The summed E-state index contributed by atoms with van der Waals surface area (Å²) >= 11 is 3.49. The maximum Gasteiger partial charge on any atom is 0.00960 e. The first-order chi connectivity index (χ1) is 6.29. The van der Waals surface area contributed by atoms with Crippen LogP contribution in [0.25, 0.3) is 0 Å². The van der Waals surface area contributed by atoms with Gasteiger partial charge in [-0.05, 0) is 45.6 Å². The van der Waals surface area contributed by atoms with E-state index in [0.29, 0.717) is 0 Å². The molecule has 1 rings (SSSR count). The molecule has 0 amide bonds. The summed E-state index contributed by atoms with van der Waals surface area (Å²) in [4.78, 5) is 2.71. The zero-order valence-electron chi connectivity index (χ0n) is 8.93. The third kappa shape index (κ3) is 3.25. The summed E-state index contributed by atoms with van der Waals surface area (Å²) in [7, 11) is 0. The fraction of sp³-hybridized carbons (Fsp3) is 1.00. The van der Waals surface area contributed by atoms with Gasteiger partial charge in [-0.3, -0.25) is 4.90 Å². The predicted octanol–water partition coefficient (Wildman–Crippen LogP) is 3.42. The second kappa shape index (κ2) is 6.02. The van der Waals surface area contributed by atoms with Crippen molar-refractivity contribution in [1.29, 1.82) is 0 Å². The van der Waals surface area contributed by atoms with Crippen molar-refractivity contribution in [3.05, 3.63) is 0 Å². The van der Waals surface area contributed by atoms with Gasteiger partial charge in [-0.2, -0.15) is 0 Å². The number of alkyl halides is 1. The minimum absolute atomic E-state index is 0.834. The first-order valence-electron chi connectivity index (χ1n) is 5.61. The molecule has 0 aromatic carbocycles. The molecule has 1 aliphatic rings. The van der Waals surface area contributed by atoms with E-state index in [-0.39, 0.29) is 0 Å². The molecule has 1 heterocycles. The van der Waals surface area contributed by atoms with Gasteiger partial charge in [-0.15, -0.1) is 0 Å². The molecule has 0 N–H and O–H groups in total. The summed E-state index contributed by atoms with van der Waals surface area (Å²) in [5.74, 6) is 0. The molecule has 78 valence electrons. The van der Waals surface area contributed by atoms with Crippen LogP contribution in [0.5, 0.6) is 0 Å². The Kier molecular flexibility index (Phi) is 5.34. The quantitative estimate of drug-likeness (QED) is 0.532. The topological polar surface area (TPSA) is 3.24 Å². The van der Waals surface area contributed by atoms with Gasteiger partial charge in [0, 0.05) is 17.4 Å². The van der Waals surface area contributed by atoms with Gasteiger partial charge >= 0.3 is 0 Å². The fourth-order valence-electron chi connectivity index (χ4n) is 2.36. The highest BCUT2D eigenvalue weighted by molar-refractivity contribution is 9.09. The van der Waals surface area contributed by atoms with Crippen molar-refractivity contribution in [2.75, 3.05) is 11.9 Å². The Labute approximate surface area is 91.0 Å². The average molecular weight is 248 g/mol. The third-order valence-electron chi connectivity index (χ3n) is 3.22. The lowest BCUT2D eigenvalue weighted by Crippen LogP contribution is -2.34. The molecular formula is C11H22BrN. The standard InChI is InChI=1S/C11H22BrN/c1-3-11-7-6-10(2)13(11)9-5-4-8-12/h10-11H,3-9H2,1-2H3. The monoisotopic (exact) mass is 247 g/mol. The van der Waals surface area contributed by atoms with Gasteiger partial charge in [-0.25, -0.2) is 0 Å². The first kappa shape index (κ1) is 11.5. The lowest BCUT2D eigenvalue weighted by Gasteiger charge is -2.27. The van der Waals surface area contributed by atoms with Crippen molar-refractivity contribution in [1.82, 2.24) is 4.90 Å². The minimum atomic E-state index is 0.834. The lowest BCUT2D eigenvalue weighted by molar-refractivity contribution is 0.196. The van der Waals surface area contributed by atoms with E-state index in [1.54, 1.807) is 0 Å². The summed E-state index contributed by atoms with van der Waals surface area (Å²) in [6.45, 7) is 6.01. The van der Waals surface area contributed by atoms with Crippen LogP contribution in [0.15, 0.2) is 0 Å². The highest BCUT2D eigenvalue weighted by Gasteiger charge is 2.28. The van der Waals surface area contributed by atoms with Crippen molar-refractivity contribution in [2.45, 2.75) is 58.0 Å². The first-order valence-corrected chi connectivity index (χ1v) is 6.73. The molecule has 0 spiro atoms. The molecule has 1 nitrogen and oxygen atoms in total. The molecule has 1 fully saturated rings. The summed E-state index contributed by atoms with van der Waals surface area (Å²) in [6.07, 6.45) is 6.84. The van der Waals surface area contributed by atoms with Crippen molar-refractivity contribution in [3.8, 4) is 0 Å². The second-order valence-corrected chi connectivity index (χ2v) is 4.92. The molecule has 0 radical (unpaired) electrons. The van der Waals surface area contributed by atoms with Gasteiger partial charge in [0.25, 0.3) is 0 Å². The number of nitrogens with zero attached hydrogens (tertiary/aromatic N) is 1. The average Bonchev–Trinajstić information content (AvgIpc) is 2.48. The smallest absolute Gasteiger partial charge is 0.00960 e. The number of hydrogen-bond donors (Lipinski definition) is 0. The fourth-order valence-corrected chi connectivity index (χ4v) is 2.75. The molecule has 2 atom stereocenters. The van der Waals surface area contributed by atoms with Crippen molar-refractivity contribution >= 4 is 15.9 Å². The molecule has 0 aromatic heterocycles. The molecular weight excluding hydrogens is 226 g/mol. The molecule has 1 aliphatic heterocycles. The number of likely N-dealkylation sites (tertiary alicyclic amines) is 1. The predicted molar refractivity (Wildman–Crippen MR) is 62.5 cm³/mol. The van der Waals surface area contributed by atoms with E-state index in [4.69, 9.17) is 0 Å². The zero-order chi connectivity index (χ0) is 9.68. The van der Waals surface area contributed by atoms with E-state index in [2.05, 4.69) is 34.7 Å². The van der Waals surface area contributed by atoms with Gasteiger partial charge in [0.05, 0.1) is 0 Å². The summed E-state index contributed by atoms with van der Waals surface area (Å²) in [6, 6.07) is 1.71. The molecule has 2 heteroatoms.